The van der Waals surface area contributed by atoms with E-state index in [-0.39, 0.29) is 24.2 Å². The van der Waals surface area contributed by atoms with Crippen LogP contribution in [-0.4, -0.2) is 56.0 Å². The molecule has 35 heavy (non-hydrogen) atoms. The minimum atomic E-state index is -0.833. The zero-order valence-electron chi connectivity index (χ0n) is 20.2. The lowest BCUT2D eigenvalue weighted by Gasteiger charge is -2.22. The van der Waals surface area contributed by atoms with Gasteiger partial charge in [-0.1, -0.05) is 6.07 Å². The first-order chi connectivity index (χ1) is 16.4. The maximum absolute atomic E-state index is 12.3. The number of likely N-dealkylation sites (N-methyl/N-ethyl adjacent to an activating group) is 1. The molecule has 0 heterocycles. The number of amides is 2. The van der Waals surface area contributed by atoms with E-state index >= 15 is 0 Å². The normalized spacial score (nSPS) is 10.9. The van der Waals surface area contributed by atoms with Crippen LogP contribution < -0.4 is 21.3 Å². The number of carbonyl (C=O) groups excluding carboxylic acids is 2. The SMILES string of the molecule is CC(=O)O.COCCN(C)c1ccc([C@H](C)NC(=O)CC(=O)Nc2ccc(C(=N)N)cc2)cc1Br. The number of nitrogens with one attached hydrogen (secondary N) is 3. The second kappa shape index (κ2) is 14.7. The van der Waals surface area contributed by atoms with Crippen molar-refractivity contribution >= 4 is 50.9 Å². The van der Waals surface area contributed by atoms with Crippen LogP contribution in [0.4, 0.5) is 11.4 Å². The highest BCUT2D eigenvalue weighted by molar-refractivity contribution is 9.10. The maximum atomic E-state index is 12.3. The number of carboxylic acids is 1. The third-order valence-corrected chi connectivity index (χ3v) is 5.33. The molecule has 0 fully saturated rings. The van der Waals surface area contributed by atoms with Crippen molar-refractivity contribution in [3.8, 4) is 0 Å². The molecule has 0 saturated heterocycles. The molecule has 0 aliphatic carbocycles. The minimum absolute atomic E-state index is 0.0486. The van der Waals surface area contributed by atoms with Crippen molar-refractivity contribution in [1.82, 2.24) is 5.32 Å². The standard InChI is InChI=1S/C22H28BrN5O3.C2H4O2/c1-14(16-6-9-19(18(23)12-16)28(2)10-11-31-3)26-20(29)13-21(30)27-17-7-4-15(5-8-17)22(24)25;1-2(3)4/h4-9,12,14H,10-11,13H2,1-3H3,(H3,24,25)(H,26,29)(H,27,30);1H3,(H,3,4)/t14-;/m0./s1. The highest BCUT2D eigenvalue weighted by Gasteiger charge is 2.15. The highest BCUT2D eigenvalue weighted by Crippen LogP contribution is 2.28. The van der Waals surface area contributed by atoms with Crippen LogP contribution >= 0.6 is 15.9 Å². The number of nitrogen functional groups attached to an aromatic ring is 1. The molecule has 0 aliphatic rings. The van der Waals surface area contributed by atoms with Gasteiger partial charge in [0.1, 0.15) is 12.3 Å². The molecule has 2 rings (SSSR count). The monoisotopic (exact) mass is 549 g/mol. The lowest BCUT2D eigenvalue weighted by atomic mass is 10.1. The number of hydrogen-bond acceptors (Lipinski definition) is 6. The van der Waals surface area contributed by atoms with E-state index in [1.54, 1.807) is 31.4 Å². The van der Waals surface area contributed by atoms with Gasteiger partial charge in [0.05, 0.1) is 18.3 Å². The zero-order valence-corrected chi connectivity index (χ0v) is 21.8. The van der Waals surface area contributed by atoms with Crippen LogP contribution in [0.5, 0.6) is 0 Å². The largest absolute Gasteiger partial charge is 0.481 e. The summed E-state index contributed by atoms with van der Waals surface area (Å²) in [6.07, 6.45) is -0.294. The minimum Gasteiger partial charge on any atom is -0.481 e. The quantitative estimate of drug-likeness (QED) is 0.173. The first kappa shape index (κ1) is 29.6. The molecule has 0 radical (unpaired) electrons. The molecule has 2 aromatic carbocycles. The fourth-order valence-electron chi connectivity index (χ4n) is 2.91. The fourth-order valence-corrected chi connectivity index (χ4v) is 3.61. The lowest BCUT2D eigenvalue weighted by molar-refractivity contribution is -0.134. The average molecular weight is 550 g/mol. The van der Waals surface area contributed by atoms with Gasteiger partial charge in [-0.2, -0.15) is 0 Å². The lowest BCUT2D eigenvalue weighted by Crippen LogP contribution is -2.30. The second-order valence-corrected chi connectivity index (χ2v) is 8.50. The van der Waals surface area contributed by atoms with E-state index in [1.165, 1.54) is 0 Å². The van der Waals surface area contributed by atoms with Gasteiger partial charge < -0.3 is 31.1 Å². The number of halogens is 1. The fraction of sp³-hybridized carbons (Fsp3) is 0.333. The summed E-state index contributed by atoms with van der Waals surface area (Å²) in [5, 5.41) is 20.3. The number of rotatable bonds is 10. The van der Waals surface area contributed by atoms with Crippen molar-refractivity contribution < 1.29 is 24.2 Å². The van der Waals surface area contributed by atoms with Gasteiger partial charge in [-0.05, 0) is 64.8 Å². The summed E-state index contributed by atoms with van der Waals surface area (Å²) in [6, 6.07) is 12.2. The van der Waals surface area contributed by atoms with E-state index in [1.807, 2.05) is 32.2 Å². The van der Waals surface area contributed by atoms with Crippen LogP contribution in [0, 0.1) is 5.41 Å². The molecule has 1 atom stereocenters. The summed E-state index contributed by atoms with van der Waals surface area (Å²) in [7, 11) is 3.65. The summed E-state index contributed by atoms with van der Waals surface area (Å²) in [6.45, 7) is 4.33. The molecule has 0 aromatic heterocycles. The first-order valence-electron chi connectivity index (χ1n) is 10.7. The van der Waals surface area contributed by atoms with Crippen molar-refractivity contribution in [2.45, 2.75) is 26.3 Å². The van der Waals surface area contributed by atoms with Gasteiger partial charge in [-0.3, -0.25) is 19.8 Å². The molecule has 10 nitrogen and oxygen atoms in total. The van der Waals surface area contributed by atoms with Gasteiger partial charge >= 0.3 is 0 Å². The van der Waals surface area contributed by atoms with Gasteiger partial charge in [-0.25, -0.2) is 0 Å². The molecular weight excluding hydrogens is 518 g/mol. The second-order valence-electron chi connectivity index (χ2n) is 7.65. The van der Waals surface area contributed by atoms with E-state index in [0.29, 0.717) is 17.9 Å². The maximum Gasteiger partial charge on any atom is 0.300 e. The number of nitrogens with two attached hydrogens (primary N) is 1. The van der Waals surface area contributed by atoms with E-state index in [9.17, 15) is 9.59 Å². The Morgan fingerprint density at radius 3 is 2.29 bits per heavy atom. The molecule has 2 aromatic rings. The molecule has 2 amide bonds. The average Bonchev–Trinajstić information content (AvgIpc) is 2.77. The Bertz CT molecular complexity index is 1030. The summed E-state index contributed by atoms with van der Waals surface area (Å²) in [5.41, 5.74) is 8.45. The molecule has 0 unspecified atom stereocenters. The smallest absolute Gasteiger partial charge is 0.300 e. The van der Waals surface area contributed by atoms with Gasteiger partial charge in [0.15, 0.2) is 0 Å². The number of amidine groups is 1. The van der Waals surface area contributed by atoms with Gasteiger partial charge in [0.2, 0.25) is 11.8 Å². The first-order valence-corrected chi connectivity index (χ1v) is 11.5. The summed E-state index contributed by atoms with van der Waals surface area (Å²) < 4.78 is 6.03. The Morgan fingerprint density at radius 1 is 1.17 bits per heavy atom. The van der Waals surface area contributed by atoms with Gasteiger partial charge in [0, 0.05) is 43.3 Å². The van der Waals surface area contributed by atoms with Crippen molar-refractivity contribution in [2.75, 3.05) is 37.5 Å². The topological polar surface area (TPSA) is 158 Å². The van der Waals surface area contributed by atoms with Crippen molar-refractivity contribution in [1.29, 1.82) is 5.41 Å². The number of nitrogens with zero attached hydrogens (tertiary/aromatic N) is 1. The van der Waals surface area contributed by atoms with Crippen LogP contribution in [-0.2, 0) is 19.1 Å². The van der Waals surface area contributed by atoms with E-state index < -0.39 is 11.9 Å². The van der Waals surface area contributed by atoms with Crippen molar-refractivity contribution in [3.05, 3.63) is 58.1 Å². The van der Waals surface area contributed by atoms with Crippen molar-refractivity contribution in [2.24, 2.45) is 5.73 Å². The third-order valence-electron chi connectivity index (χ3n) is 4.69. The molecule has 0 saturated carbocycles. The summed E-state index contributed by atoms with van der Waals surface area (Å²) in [4.78, 5) is 35.5. The Kier molecular flexibility index (Phi) is 12.5. The molecule has 6 N–H and O–H groups in total. The van der Waals surface area contributed by atoms with Crippen LogP contribution in [0.2, 0.25) is 0 Å². The molecule has 190 valence electrons. The van der Waals surface area contributed by atoms with E-state index in [2.05, 4.69) is 31.5 Å². The number of benzene rings is 2. The van der Waals surface area contributed by atoms with E-state index in [0.717, 1.165) is 29.2 Å². The number of carbonyl (C=O) groups is 3. The van der Waals surface area contributed by atoms with E-state index in [4.69, 9.17) is 25.8 Å². The Hall–Kier alpha value is -3.44. The number of anilines is 2. The Morgan fingerprint density at radius 2 is 1.77 bits per heavy atom. The predicted octanol–water partition coefficient (Wildman–Crippen LogP) is 3.11. The van der Waals surface area contributed by atoms with Crippen molar-refractivity contribution in [3.63, 3.8) is 0 Å². The molecule has 0 spiro atoms. The van der Waals surface area contributed by atoms with Crippen LogP contribution in [0.3, 0.4) is 0 Å². The van der Waals surface area contributed by atoms with Gasteiger partial charge in [-0.15, -0.1) is 0 Å². The number of carboxylic acid groups (broad SMARTS) is 1. The summed E-state index contributed by atoms with van der Waals surface area (Å²) >= 11 is 3.59. The molecule has 0 bridgehead atoms. The van der Waals surface area contributed by atoms with Gasteiger partial charge in [0.25, 0.3) is 5.97 Å². The van der Waals surface area contributed by atoms with Crippen LogP contribution in [0.1, 0.15) is 37.4 Å². The Labute approximate surface area is 213 Å². The van der Waals surface area contributed by atoms with Crippen LogP contribution in [0.15, 0.2) is 46.9 Å². The summed E-state index contributed by atoms with van der Waals surface area (Å²) in [5.74, 6) is -1.67. The Balaban J connectivity index is 0.00000142. The molecule has 11 heteroatoms. The number of ether oxygens (including phenoxy) is 1. The predicted molar refractivity (Wildman–Crippen MR) is 140 cm³/mol. The highest BCUT2D eigenvalue weighted by atomic mass is 79.9. The number of hydrogen-bond donors (Lipinski definition) is 5. The zero-order chi connectivity index (χ0) is 26.5. The number of methoxy groups -OCH3 is 1. The third kappa shape index (κ3) is 11.0. The molecular formula is C24H32BrN5O5. The number of aliphatic carboxylic acids is 1. The van der Waals surface area contributed by atoms with Crippen LogP contribution in [0.25, 0.3) is 0 Å². The molecule has 0 aliphatic heterocycles.